The first-order valence-electron chi connectivity index (χ1n) is 8.11. The number of nitrogens with one attached hydrogen (secondary N) is 2. The summed E-state index contributed by atoms with van der Waals surface area (Å²) in [5.74, 6) is -1.29. The maximum atomic E-state index is 13.8. The third kappa shape index (κ3) is 5.41. The van der Waals surface area contributed by atoms with Crippen molar-refractivity contribution in [2.45, 2.75) is 11.3 Å². The summed E-state index contributed by atoms with van der Waals surface area (Å²) in [6.45, 7) is 0.884. The molecule has 0 spiro atoms. The number of ether oxygens (including phenoxy) is 2. The van der Waals surface area contributed by atoms with Gasteiger partial charge in [0.25, 0.3) is 15.9 Å². The van der Waals surface area contributed by atoms with Crippen LogP contribution < -0.4 is 14.8 Å². The highest BCUT2D eigenvalue weighted by Gasteiger charge is 2.20. The van der Waals surface area contributed by atoms with E-state index in [1.807, 2.05) is 0 Å². The maximum Gasteiger partial charge on any atom is 0.262 e. The van der Waals surface area contributed by atoms with Gasteiger partial charge in [-0.2, -0.15) is 0 Å². The molecule has 0 aliphatic heterocycles. The fourth-order valence-electron chi connectivity index (χ4n) is 2.30. The zero-order chi connectivity index (χ0) is 19.9. The van der Waals surface area contributed by atoms with Gasteiger partial charge in [-0.15, -0.1) is 0 Å². The van der Waals surface area contributed by atoms with E-state index in [9.17, 15) is 17.6 Å². The molecule has 0 fully saturated rings. The Morgan fingerprint density at radius 3 is 2.56 bits per heavy atom. The zero-order valence-corrected chi connectivity index (χ0v) is 15.8. The van der Waals surface area contributed by atoms with Crippen LogP contribution in [0.1, 0.15) is 16.8 Å². The first-order chi connectivity index (χ1) is 12.9. The molecule has 0 aliphatic carbocycles. The second kappa shape index (κ2) is 9.33. The number of hydrogen-bond acceptors (Lipinski definition) is 5. The molecule has 27 heavy (non-hydrogen) atoms. The molecule has 0 radical (unpaired) electrons. The van der Waals surface area contributed by atoms with Crippen molar-refractivity contribution in [1.82, 2.24) is 5.32 Å². The Balaban J connectivity index is 2.21. The van der Waals surface area contributed by atoms with Gasteiger partial charge in [0, 0.05) is 20.3 Å². The number of methoxy groups -OCH3 is 2. The van der Waals surface area contributed by atoms with Crippen molar-refractivity contribution < 1.29 is 27.1 Å². The van der Waals surface area contributed by atoms with E-state index < -0.39 is 21.7 Å². The monoisotopic (exact) mass is 396 g/mol. The van der Waals surface area contributed by atoms with E-state index in [1.54, 1.807) is 19.2 Å². The van der Waals surface area contributed by atoms with Gasteiger partial charge in [0.05, 0.1) is 23.3 Å². The summed E-state index contributed by atoms with van der Waals surface area (Å²) in [4.78, 5) is 12.0. The van der Waals surface area contributed by atoms with Gasteiger partial charge in [0.1, 0.15) is 0 Å². The Kier molecular flexibility index (Phi) is 7.14. The van der Waals surface area contributed by atoms with Gasteiger partial charge < -0.3 is 14.8 Å². The Bertz CT molecular complexity index is 902. The van der Waals surface area contributed by atoms with Crippen molar-refractivity contribution in [1.29, 1.82) is 0 Å². The average Bonchev–Trinajstić information content (AvgIpc) is 2.65. The van der Waals surface area contributed by atoms with Crippen LogP contribution in [0.2, 0.25) is 0 Å². The topological polar surface area (TPSA) is 93.7 Å². The normalized spacial score (nSPS) is 11.1. The van der Waals surface area contributed by atoms with Crippen LogP contribution >= 0.6 is 0 Å². The molecule has 0 heterocycles. The largest absolute Gasteiger partial charge is 0.494 e. The fourth-order valence-corrected chi connectivity index (χ4v) is 3.39. The molecule has 2 rings (SSSR count). The highest BCUT2D eigenvalue weighted by molar-refractivity contribution is 7.92. The van der Waals surface area contributed by atoms with E-state index in [4.69, 9.17) is 9.47 Å². The molecule has 146 valence electrons. The van der Waals surface area contributed by atoms with Crippen molar-refractivity contribution in [2.24, 2.45) is 0 Å². The minimum atomic E-state index is -4.09. The first-order valence-corrected chi connectivity index (χ1v) is 9.60. The van der Waals surface area contributed by atoms with Crippen LogP contribution in [0.25, 0.3) is 0 Å². The number of carbonyl (C=O) groups excluding carboxylic acids is 1. The maximum absolute atomic E-state index is 13.8. The summed E-state index contributed by atoms with van der Waals surface area (Å²) in [5.41, 5.74) is 0.255. The summed E-state index contributed by atoms with van der Waals surface area (Å²) in [6.07, 6.45) is 0.626. The third-order valence-electron chi connectivity index (χ3n) is 3.66. The molecule has 0 saturated carbocycles. The molecule has 0 unspecified atom stereocenters. The fraction of sp³-hybridized carbons (Fsp3) is 0.278. The minimum absolute atomic E-state index is 0.0650. The van der Waals surface area contributed by atoms with Gasteiger partial charge in [-0.25, -0.2) is 12.8 Å². The average molecular weight is 396 g/mol. The molecule has 1 amide bonds. The SMILES string of the molecule is COCCCNC(=O)c1ccccc1NS(=O)(=O)c1ccc(OC)c(F)c1. The summed E-state index contributed by atoms with van der Waals surface area (Å²) in [6, 6.07) is 9.47. The Morgan fingerprint density at radius 1 is 1.15 bits per heavy atom. The molecule has 2 aromatic rings. The second-order valence-electron chi connectivity index (χ2n) is 5.55. The van der Waals surface area contributed by atoms with Crippen LogP contribution in [0, 0.1) is 5.82 Å². The molecule has 2 N–H and O–H groups in total. The van der Waals surface area contributed by atoms with E-state index in [0.717, 1.165) is 6.07 Å². The van der Waals surface area contributed by atoms with E-state index in [0.29, 0.717) is 19.6 Å². The summed E-state index contributed by atoms with van der Waals surface area (Å²) in [7, 11) is -1.24. The van der Waals surface area contributed by atoms with Crippen molar-refractivity contribution in [3.8, 4) is 5.75 Å². The molecule has 0 aromatic heterocycles. The third-order valence-corrected chi connectivity index (χ3v) is 5.02. The van der Waals surface area contributed by atoms with Gasteiger partial charge in [-0.1, -0.05) is 12.1 Å². The first kappa shape index (κ1) is 20.7. The molecule has 0 atom stereocenters. The molecular weight excluding hydrogens is 375 g/mol. The van der Waals surface area contributed by atoms with Gasteiger partial charge in [0.15, 0.2) is 11.6 Å². The lowest BCUT2D eigenvalue weighted by Crippen LogP contribution is -2.26. The molecular formula is C18H21FN2O5S. The number of amides is 1. The number of sulfonamides is 1. The van der Waals surface area contributed by atoms with E-state index in [-0.39, 0.29) is 21.9 Å². The van der Waals surface area contributed by atoms with Crippen LogP contribution in [0.5, 0.6) is 5.75 Å². The van der Waals surface area contributed by atoms with E-state index in [2.05, 4.69) is 10.0 Å². The number of anilines is 1. The van der Waals surface area contributed by atoms with E-state index in [1.165, 1.54) is 31.4 Å². The smallest absolute Gasteiger partial charge is 0.262 e. The molecule has 0 saturated heterocycles. The van der Waals surface area contributed by atoms with Crippen LogP contribution in [0.3, 0.4) is 0 Å². The molecule has 7 nitrogen and oxygen atoms in total. The van der Waals surface area contributed by atoms with Crippen molar-refractivity contribution in [3.63, 3.8) is 0 Å². The number of rotatable bonds is 9. The molecule has 2 aromatic carbocycles. The van der Waals surface area contributed by atoms with Gasteiger partial charge in [-0.3, -0.25) is 9.52 Å². The minimum Gasteiger partial charge on any atom is -0.494 e. The van der Waals surface area contributed by atoms with Crippen LogP contribution in [0.15, 0.2) is 47.4 Å². The number of para-hydroxylation sites is 1. The summed E-state index contributed by atoms with van der Waals surface area (Å²) < 4.78 is 51.0. The Labute approximate surface area is 157 Å². The molecule has 0 aliphatic rings. The van der Waals surface area contributed by atoms with Crippen LogP contribution in [0.4, 0.5) is 10.1 Å². The zero-order valence-electron chi connectivity index (χ0n) is 15.0. The lowest BCUT2D eigenvalue weighted by molar-refractivity contribution is 0.0949. The molecule has 9 heteroatoms. The van der Waals surface area contributed by atoms with Crippen molar-refractivity contribution in [3.05, 3.63) is 53.8 Å². The van der Waals surface area contributed by atoms with Crippen molar-refractivity contribution >= 4 is 21.6 Å². The highest BCUT2D eigenvalue weighted by Crippen LogP contribution is 2.24. The Morgan fingerprint density at radius 2 is 1.89 bits per heavy atom. The van der Waals surface area contributed by atoms with Crippen LogP contribution in [-0.4, -0.2) is 41.7 Å². The lowest BCUT2D eigenvalue weighted by Gasteiger charge is -2.13. The number of carbonyl (C=O) groups is 1. The number of benzene rings is 2. The predicted molar refractivity (Wildman–Crippen MR) is 99.0 cm³/mol. The van der Waals surface area contributed by atoms with Crippen molar-refractivity contribution in [2.75, 3.05) is 32.1 Å². The van der Waals surface area contributed by atoms with Crippen LogP contribution in [-0.2, 0) is 14.8 Å². The number of hydrogen-bond donors (Lipinski definition) is 2. The van der Waals surface area contributed by atoms with Gasteiger partial charge in [-0.05, 0) is 36.8 Å². The summed E-state index contributed by atoms with van der Waals surface area (Å²) in [5, 5.41) is 2.69. The quantitative estimate of drug-likeness (QED) is 0.635. The standard InChI is InChI=1S/C18H21FN2O5S/c1-25-11-5-10-20-18(22)14-6-3-4-7-16(14)21-27(23,24)13-8-9-17(26-2)15(19)12-13/h3-4,6-9,12,21H,5,10-11H2,1-2H3,(H,20,22). The predicted octanol–water partition coefficient (Wildman–Crippen LogP) is 2.40. The van der Waals surface area contributed by atoms with E-state index >= 15 is 0 Å². The number of halogens is 1. The van der Waals surface area contributed by atoms with Gasteiger partial charge >= 0.3 is 0 Å². The summed E-state index contributed by atoms with van der Waals surface area (Å²) >= 11 is 0. The van der Waals surface area contributed by atoms with Gasteiger partial charge in [0.2, 0.25) is 0 Å². The molecule has 0 bridgehead atoms. The lowest BCUT2D eigenvalue weighted by atomic mass is 10.1. The highest BCUT2D eigenvalue weighted by atomic mass is 32.2. The second-order valence-corrected chi connectivity index (χ2v) is 7.23. The Hall–Kier alpha value is -2.65.